The molecule has 0 aromatic heterocycles. The highest BCUT2D eigenvalue weighted by molar-refractivity contribution is 5.99. The predicted molar refractivity (Wildman–Crippen MR) is 91.0 cm³/mol. The van der Waals surface area contributed by atoms with Crippen LogP contribution in [0.15, 0.2) is 42.5 Å². The van der Waals surface area contributed by atoms with Gasteiger partial charge in [0.1, 0.15) is 0 Å². The number of benzene rings is 2. The van der Waals surface area contributed by atoms with Crippen molar-refractivity contribution < 1.29 is 14.3 Å². The standard InChI is InChI=1S/C20H22O3/c1-4-23-20(22)18-7-5-6-17(13-18)19(21)9-8-16-11-14(2)10-15(3)12-16/h5-7,10-13H,4,8-9H2,1-3H3. The van der Waals surface area contributed by atoms with Gasteiger partial charge in [0.25, 0.3) is 0 Å². The Kier molecular flexibility index (Phi) is 5.69. The molecule has 3 heteroatoms. The van der Waals surface area contributed by atoms with E-state index in [9.17, 15) is 9.59 Å². The lowest BCUT2D eigenvalue weighted by molar-refractivity contribution is 0.0526. The Bertz CT molecular complexity index is 696. The van der Waals surface area contributed by atoms with Crippen LogP contribution in [-0.2, 0) is 11.2 Å². The van der Waals surface area contributed by atoms with Gasteiger partial charge in [-0.25, -0.2) is 4.79 Å². The normalized spacial score (nSPS) is 10.4. The second-order valence-corrected chi connectivity index (χ2v) is 5.72. The Hall–Kier alpha value is -2.42. The predicted octanol–water partition coefficient (Wildman–Crippen LogP) is 4.30. The first-order valence-electron chi connectivity index (χ1n) is 7.87. The van der Waals surface area contributed by atoms with Crippen molar-refractivity contribution in [3.05, 3.63) is 70.3 Å². The second-order valence-electron chi connectivity index (χ2n) is 5.72. The van der Waals surface area contributed by atoms with Crippen molar-refractivity contribution in [3.63, 3.8) is 0 Å². The third kappa shape index (κ3) is 4.78. The van der Waals surface area contributed by atoms with Crippen LogP contribution in [0, 0.1) is 13.8 Å². The lowest BCUT2D eigenvalue weighted by Gasteiger charge is -2.06. The SMILES string of the molecule is CCOC(=O)c1cccc(C(=O)CCc2cc(C)cc(C)c2)c1. The van der Waals surface area contributed by atoms with E-state index >= 15 is 0 Å². The number of hydrogen-bond donors (Lipinski definition) is 0. The topological polar surface area (TPSA) is 43.4 Å². The van der Waals surface area contributed by atoms with Gasteiger partial charge in [-0.15, -0.1) is 0 Å². The van der Waals surface area contributed by atoms with Crippen molar-refractivity contribution >= 4 is 11.8 Å². The van der Waals surface area contributed by atoms with E-state index < -0.39 is 5.97 Å². The molecular formula is C20H22O3. The fraction of sp³-hybridized carbons (Fsp3) is 0.300. The summed E-state index contributed by atoms with van der Waals surface area (Å²) in [5, 5.41) is 0. The van der Waals surface area contributed by atoms with Gasteiger partial charge in [0.05, 0.1) is 12.2 Å². The molecule has 0 aliphatic carbocycles. The fourth-order valence-corrected chi connectivity index (χ4v) is 2.65. The van der Waals surface area contributed by atoms with Gasteiger partial charge in [-0.2, -0.15) is 0 Å². The monoisotopic (exact) mass is 310 g/mol. The van der Waals surface area contributed by atoms with Crippen molar-refractivity contribution in [2.75, 3.05) is 6.61 Å². The molecule has 0 unspecified atom stereocenters. The van der Waals surface area contributed by atoms with E-state index in [4.69, 9.17) is 4.74 Å². The molecule has 0 aliphatic rings. The lowest BCUT2D eigenvalue weighted by atomic mass is 9.99. The Morgan fingerprint density at radius 2 is 1.61 bits per heavy atom. The smallest absolute Gasteiger partial charge is 0.338 e. The zero-order chi connectivity index (χ0) is 16.8. The highest BCUT2D eigenvalue weighted by Crippen LogP contribution is 2.14. The number of aryl methyl sites for hydroxylation is 3. The van der Waals surface area contributed by atoms with Crippen molar-refractivity contribution in [1.29, 1.82) is 0 Å². The number of ether oxygens (including phenoxy) is 1. The van der Waals surface area contributed by atoms with Crippen molar-refractivity contribution in [3.8, 4) is 0 Å². The molecule has 2 rings (SSSR count). The first kappa shape index (κ1) is 16.9. The number of Topliss-reactive ketones (excluding diaryl/α,β-unsaturated/α-hetero) is 1. The van der Waals surface area contributed by atoms with E-state index in [1.807, 2.05) is 0 Å². The molecule has 0 radical (unpaired) electrons. The van der Waals surface area contributed by atoms with Gasteiger partial charge < -0.3 is 4.74 Å². The average Bonchev–Trinajstić information content (AvgIpc) is 2.52. The summed E-state index contributed by atoms with van der Waals surface area (Å²) in [6.45, 7) is 6.20. The van der Waals surface area contributed by atoms with Gasteiger partial charge in [0, 0.05) is 12.0 Å². The third-order valence-corrected chi connectivity index (χ3v) is 3.62. The van der Waals surface area contributed by atoms with Crippen molar-refractivity contribution in [1.82, 2.24) is 0 Å². The first-order valence-corrected chi connectivity index (χ1v) is 7.87. The number of rotatable bonds is 6. The number of hydrogen-bond acceptors (Lipinski definition) is 3. The fourth-order valence-electron chi connectivity index (χ4n) is 2.65. The number of ketones is 1. The average molecular weight is 310 g/mol. The summed E-state index contributed by atoms with van der Waals surface area (Å²) in [6.07, 6.45) is 1.13. The van der Waals surface area contributed by atoms with E-state index in [0.29, 0.717) is 30.6 Å². The molecule has 0 heterocycles. The van der Waals surface area contributed by atoms with Crippen LogP contribution in [0.1, 0.15) is 50.8 Å². The van der Waals surface area contributed by atoms with E-state index in [-0.39, 0.29) is 5.78 Å². The molecule has 2 aromatic carbocycles. The van der Waals surface area contributed by atoms with E-state index in [1.165, 1.54) is 11.1 Å². The maximum atomic E-state index is 12.4. The summed E-state index contributed by atoms with van der Waals surface area (Å²) >= 11 is 0. The van der Waals surface area contributed by atoms with Crippen LogP contribution in [0.25, 0.3) is 0 Å². The second kappa shape index (κ2) is 7.73. The molecule has 3 nitrogen and oxygen atoms in total. The van der Waals surface area contributed by atoms with E-state index in [1.54, 1.807) is 31.2 Å². The Balaban J connectivity index is 2.06. The molecule has 23 heavy (non-hydrogen) atoms. The minimum Gasteiger partial charge on any atom is -0.462 e. The largest absolute Gasteiger partial charge is 0.462 e. The van der Waals surface area contributed by atoms with Crippen LogP contribution in [-0.4, -0.2) is 18.4 Å². The summed E-state index contributed by atoms with van der Waals surface area (Å²) in [6, 6.07) is 13.1. The van der Waals surface area contributed by atoms with Gasteiger partial charge in [-0.05, 0) is 44.9 Å². The van der Waals surface area contributed by atoms with E-state index in [2.05, 4.69) is 32.0 Å². The molecule has 0 saturated carbocycles. The summed E-state index contributed by atoms with van der Waals surface area (Å²) in [7, 11) is 0. The summed E-state index contributed by atoms with van der Waals surface area (Å²) < 4.78 is 4.97. The third-order valence-electron chi connectivity index (χ3n) is 3.62. The molecule has 0 N–H and O–H groups in total. The number of carbonyl (C=O) groups excluding carboxylic acids is 2. The maximum Gasteiger partial charge on any atom is 0.338 e. The Labute approximate surface area is 137 Å². The van der Waals surface area contributed by atoms with Crippen LogP contribution in [0.5, 0.6) is 0 Å². The van der Waals surface area contributed by atoms with E-state index in [0.717, 1.165) is 5.56 Å². The Morgan fingerprint density at radius 3 is 2.26 bits per heavy atom. The van der Waals surface area contributed by atoms with Crippen LogP contribution in [0.3, 0.4) is 0 Å². The molecule has 0 aliphatic heterocycles. The van der Waals surface area contributed by atoms with Gasteiger partial charge in [0.15, 0.2) is 5.78 Å². The van der Waals surface area contributed by atoms with Crippen LogP contribution >= 0.6 is 0 Å². The minimum atomic E-state index is -0.392. The summed E-state index contributed by atoms with van der Waals surface area (Å²) in [5.41, 5.74) is 4.55. The van der Waals surface area contributed by atoms with Crippen molar-refractivity contribution in [2.24, 2.45) is 0 Å². The van der Waals surface area contributed by atoms with Gasteiger partial charge in [-0.3, -0.25) is 4.79 Å². The molecule has 0 saturated heterocycles. The maximum absolute atomic E-state index is 12.4. The van der Waals surface area contributed by atoms with Crippen LogP contribution in [0.2, 0.25) is 0 Å². The van der Waals surface area contributed by atoms with Gasteiger partial charge >= 0.3 is 5.97 Å². The number of esters is 1. The molecule has 2 aromatic rings. The van der Waals surface area contributed by atoms with Crippen molar-refractivity contribution in [2.45, 2.75) is 33.6 Å². The Morgan fingerprint density at radius 1 is 0.957 bits per heavy atom. The zero-order valence-electron chi connectivity index (χ0n) is 13.9. The summed E-state index contributed by atoms with van der Waals surface area (Å²) in [5.74, 6) is -0.355. The molecule has 120 valence electrons. The molecule has 0 atom stereocenters. The van der Waals surface area contributed by atoms with Gasteiger partial charge in [-0.1, -0.05) is 41.5 Å². The zero-order valence-corrected chi connectivity index (χ0v) is 13.9. The molecular weight excluding hydrogens is 288 g/mol. The molecule has 0 amide bonds. The van der Waals surface area contributed by atoms with Crippen LogP contribution in [0.4, 0.5) is 0 Å². The molecule has 0 fully saturated rings. The molecule has 0 spiro atoms. The van der Waals surface area contributed by atoms with Gasteiger partial charge in [0.2, 0.25) is 0 Å². The molecule has 0 bridgehead atoms. The lowest BCUT2D eigenvalue weighted by Crippen LogP contribution is -2.07. The number of carbonyl (C=O) groups is 2. The first-order chi connectivity index (χ1) is 11.0. The minimum absolute atomic E-state index is 0.0373. The highest BCUT2D eigenvalue weighted by Gasteiger charge is 2.11. The van der Waals surface area contributed by atoms with Crippen LogP contribution < -0.4 is 0 Å². The highest BCUT2D eigenvalue weighted by atomic mass is 16.5. The summed E-state index contributed by atoms with van der Waals surface area (Å²) in [4.78, 5) is 24.1. The quantitative estimate of drug-likeness (QED) is 0.590.